The molecule has 0 aromatic carbocycles. The van der Waals surface area contributed by atoms with Gasteiger partial charge >= 0.3 is 5.97 Å². The average molecular weight is 217 g/mol. The van der Waals surface area contributed by atoms with Gasteiger partial charge in [0.25, 0.3) is 0 Å². The second-order valence-electron chi connectivity index (χ2n) is 4.50. The van der Waals surface area contributed by atoms with Gasteiger partial charge in [-0.05, 0) is 33.2 Å². The Bertz CT molecular complexity index is 181. The Morgan fingerprint density at radius 3 is 2.33 bits per heavy atom. The van der Waals surface area contributed by atoms with Crippen molar-refractivity contribution in [1.82, 2.24) is 5.32 Å². The molecule has 0 radical (unpaired) electrons. The Morgan fingerprint density at radius 1 is 1.20 bits per heavy atom. The lowest BCUT2D eigenvalue weighted by molar-refractivity contribution is -0.146. The molecular formula is C11H23NO3. The van der Waals surface area contributed by atoms with Crippen molar-refractivity contribution < 1.29 is 15.0 Å². The van der Waals surface area contributed by atoms with Crippen LogP contribution in [0, 0.1) is 5.41 Å². The third-order valence-electron chi connectivity index (χ3n) is 2.41. The predicted molar refractivity (Wildman–Crippen MR) is 59.8 cm³/mol. The number of aliphatic carboxylic acids is 1. The number of rotatable bonds is 9. The molecule has 4 heteroatoms. The van der Waals surface area contributed by atoms with Crippen molar-refractivity contribution in [3.8, 4) is 0 Å². The third kappa shape index (κ3) is 7.33. The van der Waals surface area contributed by atoms with E-state index in [1.54, 1.807) is 13.8 Å². The molecule has 0 fully saturated rings. The summed E-state index contributed by atoms with van der Waals surface area (Å²) in [6.07, 6.45) is 4.03. The zero-order valence-corrected chi connectivity index (χ0v) is 9.75. The molecule has 3 N–H and O–H groups in total. The first-order valence-electron chi connectivity index (χ1n) is 5.55. The Hall–Kier alpha value is -0.610. The molecule has 0 spiro atoms. The first-order chi connectivity index (χ1) is 7.00. The van der Waals surface area contributed by atoms with Crippen molar-refractivity contribution in [2.45, 2.75) is 39.5 Å². The maximum absolute atomic E-state index is 10.8. The van der Waals surface area contributed by atoms with Gasteiger partial charge in [0, 0.05) is 13.2 Å². The summed E-state index contributed by atoms with van der Waals surface area (Å²) < 4.78 is 0. The molecular weight excluding hydrogens is 194 g/mol. The molecule has 0 saturated heterocycles. The molecule has 0 heterocycles. The molecule has 0 amide bonds. The topological polar surface area (TPSA) is 69.6 Å². The summed E-state index contributed by atoms with van der Waals surface area (Å²) in [4.78, 5) is 10.8. The maximum atomic E-state index is 10.8. The number of hydrogen-bond acceptors (Lipinski definition) is 3. The van der Waals surface area contributed by atoms with Crippen LogP contribution < -0.4 is 5.32 Å². The van der Waals surface area contributed by atoms with E-state index in [2.05, 4.69) is 5.32 Å². The summed E-state index contributed by atoms with van der Waals surface area (Å²) in [5.41, 5.74) is -0.689. The van der Waals surface area contributed by atoms with Crippen molar-refractivity contribution in [2.24, 2.45) is 5.41 Å². The van der Waals surface area contributed by atoms with Gasteiger partial charge in [-0.25, -0.2) is 0 Å². The van der Waals surface area contributed by atoms with Gasteiger partial charge in [-0.2, -0.15) is 0 Å². The monoisotopic (exact) mass is 217 g/mol. The molecule has 4 nitrogen and oxygen atoms in total. The zero-order chi connectivity index (χ0) is 11.7. The van der Waals surface area contributed by atoms with E-state index in [9.17, 15) is 4.79 Å². The highest BCUT2D eigenvalue weighted by Crippen LogP contribution is 2.12. The lowest BCUT2D eigenvalue weighted by Gasteiger charge is -2.19. The van der Waals surface area contributed by atoms with Crippen LogP contribution >= 0.6 is 0 Å². The number of aliphatic hydroxyl groups excluding tert-OH is 1. The molecule has 0 aromatic rings. The smallest absolute Gasteiger partial charge is 0.310 e. The average Bonchev–Trinajstić information content (AvgIpc) is 2.16. The Kier molecular flexibility index (Phi) is 7.34. The minimum Gasteiger partial charge on any atom is -0.481 e. The molecule has 0 atom stereocenters. The number of hydrogen-bond donors (Lipinski definition) is 3. The largest absolute Gasteiger partial charge is 0.481 e. The van der Waals surface area contributed by atoms with Crippen LogP contribution in [0.2, 0.25) is 0 Å². The first-order valence-corrected chi connectivity index (χ1v) is 5.55. The standard InChI is InChI=1S/C11H23NO3/c1-11(2,10(14)15)9-12-7-5-3-4-6-8-13/h12-13H,3-9H2,1-2H3,(H,14,15). The highest BCUT2D eigenvalue weighted by atomic mass is 16.4. The van der Waals surface area contributed by atoms with Gasteiger partial charge in [0.2, 0.25) is 0 Å². The summed E-state index contributed by atoms with van der Waals surface area (Å²) in [6.45, 7) is 5.05. The molecule has 0 aliphatic heterocycles. The molecule has 0 bridgehead atoms. The summed E-state index contributed by atoms with van der Waals surface area (Å²) in [5, 5.41) is 20.5. The van der Waals surface area contributed by atoms with Crippen LogP contribution in [0.5, 0.6) is 0 Å². The summed E-state index contributed by atoms with van der Waals surface area (Å²) in [6, 6.07) is 0. The van der Waals surface area contributed by atoms with Crippen molar-refractivity contribution in [2.75, 3.05) is 19.7 Å². The van der Waals surface area contributed by atoms with Gasteiger partial charge in [-0.15, -0.1) is 0 Å². The minimum atomic E-state index is -0.768. The van der Waals surface area contributed by atoms with Crippen LogP contribution in [-0.4, -0.2) is 35.9 Å². The molecule has 0 aliphatic rings. The van der Waals surface area contributed by atoms with E-state index in [0.717, 1.165) is 32.2 Å². The van der Waals surface area contributed by atoms with Crippen LogP contribution in [0.3, 0.4) is 0 Å². The van der Waals surface area contributed by atoms with E-state index in [1.165, 1.54) is 0 Å². The zero-order valence-electron chi connectivity index (χ0n) is 9.75. The molecule has 0 rings (SSSR count). The van der Waals surface area contributed by atoms with Crippen LogP contribution in [0.4, 0.5) is 0 Å². The van der Waals surface area contributed by atoms with Crippen LogP contribution in [-0.2, 0) is 4.79 Å². The predicted octanol–water partition coefficient (Wildman–Crippen LogP) is 1.24. The van der Waals surface area contributed by atoms with Gasteiger partial charge < -0.3 is 15.5 Å². The number of carboxylic acid groups (broad SMARTS) is 1. The summed E-state index contributed by atoms with van der Waals surface area (Å²) >= 11 is 0. The quantitative estimate of drug-likeness (QED) is 0.508. The number of aliphatic hydroxyl groups is 1. The molecule has 0 saturated carbocycles. The van der Waals surface area contributed by atoms with Gasteiger partial charge in [0.15, 0.2) is 0 Å². The van der Waals surface area contributed by atoms with E-state index in [1.807, 2.05) is 0 Å². The summed E-state index contributed by atoms with van der Waals surface area (Å²) in [5.74, 6) is -0.768. The van der Waals surface area contributed by atoms with Crippen molar-refractivity contribution in [3.05, 3.63) is 0 Å². The minimum absolute atomic E-state index is 0.263. The Balaban J connectivity index is 3.35. The van der Waals surface area contributed by atoms with Gasteiger partial charge in [0.1, 0.15) is 0 Å². The second-order valence-corrected chi connectivity index (χ2v) is 4.50. The number of carboxylic acids is 1. The van der Waals surface area contributed by atoms with E-state index in [-0.39, 0.29) is 6.61 Å². The molecule has 90 valence electrons. The van der Waals surface area contributed by atoms with Gasteiger partial charge in [0.05, 0.1) is 5.41 Å². The van der Waals surface area contributed by atoms with Crippen LogP contribution in [0.25, 0.3) is 0 Å². The molecule has 15 heavy (non-hydrogen) atoms. The van der Waals surface area contributed by atoms with Crippen molar-refractivity contribution >= 4 is 5.97 Å². The van der Waals surface area contributed by atoms with Crippen molar-refractivity contribution in [3.63, 3.8) is 0 Å². The van der Waals surface area contributed by atoms with E-state index >= 15 is 0 Å². The van der Waals surface area contributed by atoms with Crippen LogP contribution in [0.15, 0.2) is 0 Å². The van der Waals surface area contributed by atoms with Crippen LogP contribution in [0.1, 0.15) is 39.5 Å². The Morgan fingerprint density at radius 2 is 1.80 bits per heavy atom. The highest BCUT2D eigenvalue weighted by molar-refractivity contribution is 5.73. The third-order valence-corrected chi connectivity index (χ3v) is 2.41. The van der Waals surface area contributed by atoms with Gasteiger partial charge in [-0.1, -0.05) is 12.8 Å². The van der Waals surface area contributed by atoms with E-state index < -0.39 is 11.4 Å². The van der Waals surface area contributed by atoms with E-state index in [0.29, 0.717) is 6.54 Å². The fourth-order valence-electron chi connectivity index (χ4n) is 1.19. The fourth-order valence-corrected chi connectivity index (χ4v) is 1.19. The molecule has 0 aromatic heterocycles. The van der Waals surface area contributed by atoms with E-state index in [4.69, 9.17) is 10.2 Å². The number of unbranched alkanes of at least 4 members (excludes halogenated alkanes) is 3. The normalized spacial score (nSPS) is 11.7. The Labute approximate surface area is 91.7 Å². The maximum Gasteiger partial charge on any atom is 0.310 e. The second kappa shape index (κ2) is 7.65. The highest BCUT2D eigenvalue weighted by Gasteiger charge is 2.25. The van der Waals surface area contributed by atoms with Crippen molar-refractivity contribution in [1.29, 1.82) is 0 Å². The molecule has 0 aliphatic carbocycles. The first kappa shape index (κ1) is 14.4. The fraction of sp³-hybridized carbons (Fsp3) is 0.909. The number of nitrogens with one attached hydrogen (secondary N) is 1. The lowest BCUT2D eigenvalue weighted by atomic mass is 9.94. The number of carbonyl (C=O) groups is 1. The SMILES string of the molecule is CC(C)(CNCCCCCCO)C(=O)O. The lowest BCUT2D eigenvalue weighted by Crippen LogP contribution is -2.36. The van der Waals surface area contributed by atoms with Gasteiger partial charge in [-0.3, -0.25) is 4.79 Å². The summed E-state index contributed by atoms with van der Waals surface area (Å²) in [7, 11) is 0. The molecule has 0 unspecified atom stereocenters.